The summed E-state index contributed by atoms with van der Waals surface area (Å²) in [5, 5.41) is 12.1. The SMILES string of the molecule is O=C(Nc1cccnc1)c1cc(OC[C@H]2CCCN2C(=O)O)ccc1OCc1ccccc1. The standard InChI is InChI=1S/C25H25N3O5/c29-24(27-19-8-4-12-26-15-19)22-14-21(32-17-20-9-5-13-28(20)25(30)31)10-11-23(22)33-16-18-6-2-1-3-7-18/h1-4,6-8,10-12,14-15,20H,5,9,13,16-17H2,(H,27,29)(H,30,31)/t20-/m1/s1. The van der Waals surface area contributed by atoms with Crippen LogP contribution in [0.4, 0.5) is 10.5 Å². The molecule has 0 unspecified atom stereocenters. The number of carbonyl (C=O) groups is 2. The number of carbonyl (C=O) groups excluding carboxylic acids is 1. The van der Waals surface area contributed by atoms with Gasteiger partial charge in [-0.25, -0.2) is 4.79 Å². The summed E-state index contributed by atoms with van der Waals surface area (Å²) in [7, 11) is 0. The Balaban J connectivity index is 1.51. The first-order valence-corrected chi connectivity index (χ1v) is 10.7. The molecule has 0 saturated carbocycles. The molecule has 2 heterocycles. The Morgan fingerprint density at radius 2 is 1.94 bits per heavy atom. The summed E-state index contributed by atoms with van der Waals surface area (Å²) in [6, 6.07) is 18.0. The molecule has 0 aliphatic carbocycles. The highest BCUT2D eigenvalue weighted by atomic mass is 16.5. The van der Waals surface area contributed by atoms with Crippen molar-refractivity contribution in [3.63, 3.8) is 0 Å². The van der Waals surface area contributed by atoms with Gasteiger partial charge in [0.15, 0.2) is 0 Å². The predicted molar refractivity (Wildman–Crippen MR) is 123 cm³/mol. The molecule has 1 saturated heterocycles. The zero-order valence-electron chi connectivity index (χ0n) is 18.0. The topological polar surface area (TPSA) is 101 Å². The molecule has 0 bridgehead atoms. The number of benzene rings is 2. The van der Waals surface area contributed by atoms with Gasteiger partial charge in [-0.2, -0.15) is 0 Å². The van der Waals surface area contributed by atoms with Crippen LogP contribution in [0.15, 0.2) is 73.1 Å². The largest absolute Gasteiger partial charge is 0.491 e. The van der Waals surface area contributed by atoms with Crippen LogP contribution in [-0.4, -0.2) is 46.2 Å². The van der Waals surface area contributed by atoms with Crippen molar-refractivity contribution in [2.45, 2.75) is 25.5 Å². The smallest absolute Gasteiger partial charge is 0.407 e. The highest BCUT2D eigenvalue weighted by Crippen LogP contribution is 2.27. The van der Waals surface area contributed by atoms with Crippen LogP contribution < -0.4 is 14.8 Å². The van der Waals surface area contributed by atoms with E-state index in [1.807, 2.05) is 30.3 Å². The molecule has 170 valence electrons. The van der Waals surface area contributed by atoms with Crippen molar-refractivity contribution in [1.82, 2.24) is 9.88 Å². The fourth-order valence-corrected chi connectivity index (χ4v) is 3.73. The van der Waals surface area contributed by atoms with Gasteiger partial charge >= 0.3 is 6.09 Å². The van der Waals surface area contributed by atoms with Crippen molar-refractivity contribution in [3.05, 3.63) is 84.2 Å². The van der Waals surface area contributed by atoms with Gasteiger partial charge in [0, 0.05) is 12.7 Å². The molecule has 0 radical (unpaired) electrons. The van der Waals surface area contributed by atoms with Crippen LogP contribution in [0.3, 0.4) is 0 Å². The van der Waals surface area contributed by atoms with Crippen LogP contribution in [0.5, 0.6) is 11.5 Å². The van der Waals surface area contributed by atoms with Gasteiger partial charge in [0.1, 0.15) is 24.7 Å². The lowest BCUT2D eigenvalue weighted by Gasteiger charge is -2.22. The fourth-order valence-electron chi connectivity index (χ4n) is 3.73. The van der Waals surface area contributed by atoms with Crippen molar-refractivity contribution in [2.24, 2.45) is 0 Å². The number of carboxylic acid groups (broad SMARTS) is 1. The van der Waals surface area contributed by atoms with Gasteiger partial charge in [-0.15, -0.1) is 0 Å². The number of hydrogen-bond acceptors (Lipinski definition) is 5. The van der Waals surface area contributed by atoms with Crippen LogP contribution in [0.1, 0.15) is 28.8 Å². The molecule has 4 rings (SSSR count). The van der Waals surface area contributed by atoms with Gasteiger partial charge in [-0.05, 0) is 48.7 Å². The minimum absolute atomic E-state index is 0.204. The minimum atomic E-state index is -0.942. The molecule has 0 spiro atoms. The van der Waals surface area contributed by atoms with E-state index < -0.39 is 6.09 Å². The number of rotatable bonds is 8. The lowest BCUT2D eigenvalue weighted by atomic mass is 10.1. The van der Waals surface area contributed by atoms with Crippen LogP contribution >= 0.6 is 0 Å². The van der Waals surface area contributed by atoms with Gasteiger partial charge in [0.2, 0.25) is 0 Å². The number of nitrogens with zero attached hydrogens (tertiary/aromatic N) is 2. The van der Waals surface area contributed by atoms with Gasteiger partial charge in [0.25, 0.3) is 5.91 Å². The molecule has 1 fully saturated rings. The molecular weight excluding hydrogens is 422 g/mol. The Labute approximate surface area is 191 Å². The van der Waals surface area contributed by atoms with E-state index in [9.17, 15) is 14.7 Å². The van der Waals surface area contributed by atoms with Crippen molar-refractivity contribution in [3.8, 4) is 11.5 Å². The molecule has 1 aliphatic rings. The maximum absolute atomic E-state index is 13.0. The molecular formula is C25H25N3O5. The third-order valence-electron chi connectivity index (χ3n) is 5.42. The molecule has 2 amide bonds. The molecule has 1 atom stereocenters. The van der Waals surface area contributed by atoms with Crippen molar-refractivity contribution in [2.75, 3.05) is 18.5 Å². The second kappa shape index (κ2) is 10.5. The van der Waals surface area contributed by atoms with Crippen molar-refractivity contribution >= 4 is 17.7 Å². The number of amides is 2. The van der Waals surface area contributed by atoms with E-state index in [-0.39, 0.29) is 18.6 Å². The molecule has 2 aromatic carbocycles. The number of likely N-dealkylation sites (tertiary alicyclic amines) is 1. The van der Waals surface area contributed by atoms with Crippen molar-refractivity contribution in [1.29, 1.82) is 0 Å². The van der Waals surface area contributed by atoms with Gasteiger partial charge in [0.05, 0.1) is 23.5 Å². The van der Waals surface area contributed by atoms with E-state index in [0.717, 1.165) is 18.4 Å². The van der Waals surface area contributed by atoms with Crippen molar-refractivity contribution < 1.29 is 24.2 Å². The van der Waals surface area contributed by atoms with E-state index in [4.69, 9.17) is 9.47 Å². The molecule has 2 N–H and O–H groups in total. The lowest BCUT2D eigenvalue weighted by molar-refractivity contribution is 0.102. The molecule has 3 aromatic rings. The number of hydrogen-bond donors (Lipinski definition) is 2. The summed E-state index contributed by atoms with van der Waals surface area (Å²) in [5.41, 5.74) is 1.85. The third-order valence-corrected chi connectivity index (χ3v) is 5.42. The summed E-state index contributed by atoms with van der Waals surface area (Å²) < 4.78 is 11.8. The summed E-state index contributed by atoms with van der Waals surface area (Å²) >= 11 is 0. The monoisotopic (exact) mass is 447 g/mol. The average Bonchev–Trinajstić information content (AvgIpc) is 3.32. The van der Waals surface area contributed by atoms with E-state index in [1.54, 1.807) is 42.7 Å². The number of ether oxygens (including phenoxy) is 2. The lowest BCUT2D eigenvalue weighted by Crippen LogP contribution is -2.38. The first-order valence-electron chi connectivity index (χ1n) is 10.7. The molecule has 8 nitrogen and oxygen atoms in total. The van der Waals surface area contributed by atoms with E-state index >= 15 is 0 Å². The minimum Gasteiger partial charge on any atom is -0.491 e. The Hall–Kier alpha value is -4.07. The summed E-state index contributed by atoms with van der Waals surface area (Å²) in [6.07, 6.45) is 3.80. The number of anilines is 1. The summed E-state index contributed by atoms with van der Waals surface area (Å²) in [4.78, 5) is 29.8. The fraction of sp³-hybridized carbons (Fsp3) is 0.240. The van der Waals surface area contributed by atoms with Crippen LogP contribution in [0.2, 0.25) is 0 Å². The highest BCUT2D eigenvalue weighted by molar-refractivity contribution is 6.06. The Bertz CT molecular complexity index is 1090. The highest BCUT2D eigenvalue weighted by Gasteiger charge is 2.29. The van der Waals surface area contributed by atoms with E-state index in [2.05, 4.69) is 10.3 Å². The molecule has 33 heavy (non-hydrogen) atoms. The maximum atomic E-state index is 13.0. The van der Waals surface area contributed by atoms with Crippen LogP contribution in [0.25, 0.3) is 0 Å². The summed E-state index contributed by atoms with van der Waals surface area (Å²) in [5.74, 6) is 0.529. The van der Waals surface area contributed by atoms with Crippen LogP contribution in [0, 0.1) is 0 Å². The Morgan fingerprint density at radius 1 is 1.09 bits per heavy atom. The molecule has 8 heteroatoms. The second-order valence-electron chi connectivity index (χ2n) is 7.71. The van der Waals surface area contributed by atoms with Gasteiger partial charge < -0.3 is 24.8 Å². The number of pyridine rings is 1. The second-order valence-corrected chi connectivity index (χ2v) is 7.71. The Morgan fingerprint density at radius 3 is 2.70 bits per heavy atom. The quantitative estimate of drug-likeness (QED) is 0.530. The summed E-state index contributed by atoms with van der Waals surface area (Å²) in [6.45, 7) is 1.04. The predicted octanol–water partition coefficient (Wildman–Crippen LogP) is 4.43. The Kier molecular flexibility index (Phi) is 7.04. The average molecular weight is 447 g/mol. The maximum Gasteiger partial charge on any atom is 0.407 e. The van der Waals surface area contributed by atoms with Gasteiger partial charge in [-0.1, -0.05) is 30.3 Å². The third kappa shape index (κ3) is 5.79. The first-order chi connectivity index (χ1) is 16.1. The zero-order valence-corrected chi connectivity index (χ0v) is 18.0. The van der Waals surface area contributed by atoms with E-state index in [0.29, 0.717) is 35.9 Å². The normalized spacial score (nSPS) is 15.2. The first kappa shape index (κ1) is 22.1. The van der Waals surface area contributed by atoms with Crippen LogP contribution in [-0.2, 0) is 6.61 Å². The molecule has 1 aromatic heterocycles. The zero-order chi connectivity index (χ0) is 23.0. The van der Waals surface area contributed by atoms with Gasteiger partial charge in [-0.3, -0.25) is 9.78 Å². The number of nitrogens with one attached hydrogen (secondary N) is 1. The van der Waals surface area contributed by atoms with E-state index in [1.165, 1.54) is 4.90 Å². The molecule has 1 aliphatic heterocycles. The number of aromatic nitrogens is 1.